The number of methoxy groups -OCH3 is 4. The molecule has 0 spiro atoms. The van der Waals surface area contributed by atoms with Crippen molar-refractivity contribution in [2.45, 2.75) is 12.8 Å². The highest BCUT2D eigenvalue weighted by Crippen LogP contribution is 2.35. The van der Waals surface area contributed by atoms with Crippen molar-refractivity contribution < 1.29 is 28.8 Å². The minimum atomic E-state index is -0.714. The van der Waals surface area contributed by atoms with Crippen LogP contribution >= 0.6 is 0 Å². The van der Waals surface area contributed by atoms with Gasteiger partial charge in [-0.1, -0.05) is 6.07 Å². The summed E-state index contributed by atoms with van der Waals surface area (Å²) >= 11 is 0. The SMILES string of the molecule is COc1ccc(CC[N+](C)(CCCNc2ncc([N+](=O)[O-])cc2[N+](=O)[O-])c2ccc(OC)c(OC)c2)cc1OC. The van der Waals surface area contributed by atoms with Crippen LogP contribution in [0.4, 0.5) is 22.9 Å². The van der Waals surface area contributed by atoms with Crippen LogP contribution in [-0.4, -0.2) is 70.0 Å². The van der Waals surface area contributed by atoms with Gasteiger partial charge in [-0.25, -0.2) is 4.98 Å². The minimum absolute atomic E-state index is 0.0127. The number of nitrogens with one attached hydrogen (secondary N) is 1. The zero-order valence-corrected chi connectivity index (χ0v) is 23.2. The maximum atomic E-state index is 11.5. The molecule has 3 aromatic rings. The van der Waals surface area contributed by atoms with E-state index in [1.54, 1.807) is 28.4 Å². The molecule has 13 nitrogen and oxygen atoms in total. The number of benzene rings is 2. The number of pyridine rings is 1. The molecular weight excluding hydrogens is 522 g/mol. The van der Waals surface area contributed by atoms with E-state index < -0.39 is 21.2 Å². The van der Waals surface area contributed by atoms with Crippen molar-refractivity contribution in [3.8, 4) is 23.0 Å². The molecular formula is C27H34N5O8+. The van der Waals surface area contributed by atoms with Crippen molar-refractivity contribution in [3.05, 3.63) is 74.5 Å². The van der Waals surface area contributed by atoms with Crippen LogP contribution in [0.5, 0.6) is 23.0 Å². The number of likely N-dealkylation sites (N-methyl/N-ethyl adjacent to an activating group) is 1. The number of ether oxygens (including phenoxy) is 4. The monoisotopic (exact) mass is 556 g/mol. The normalized spacial score (nSPS) is 12.2. The number of hydrogen-bond donors (Lipinski definition) is 1. The highest BCUT2D eigenvalue weighted by Gasteiger charge is 2.27. The van der Waals surface area contributed by atoms with Crippen molar-refractivity contribution in [1.82, 2.24) is 9.47 Å². The molecule has 1 atom stereocenters. The Morgan fingerprint density at radius 1 is 0.825 bits per heavy atom. The molecule has 0 aliphatic carbocycles. The summed E-state index contributed by atoms with van der Waals surface area (Å²) in [6.07, 6.45) is 2.35. The van der Waals surface area contributed by atoms with Crippen molar-refractivity contribution in [2.75, 3.05) is 60.4 Å². The molecule has 214 valence electrons. The summed E-state index contributed by atoms with van der Waals surface area (Å²) < 4.78 is 22.3. The lowest BCUT2D eigenvalue weighted by molar-refractivity contribution is -0.394. The first-order chi connectivity index (χ1) is 19.1. The van der Waals surface area contributed by atoms with Gasteiger partial charge in [-0.15, -0.1) is 0 Å². The van der Waals surface area contributed by atoms with Gasteiger partial charge in [0.2, 0.25) is 5.82 Å². The molecule has 0 radical (unpaired) electrons. The first-order valence-electron chi connectivity index (χ1n) is 12.5. The summed E-state index contributed by atoms with van der Waals surface area (Å²) in [6.45, 7) is 1.75. The molecule has 0 saturated heterocycles. The van der Waals surface area contributed by atoms with E-state index in [4.69, 9.17) is 18.9 Å². The Kier molecular flexibility index (Phi) is 10.0. The molecule has 0 aliphatic rings. The van der Waals surface area contributed by atoms with E-state index in [0.717, 1.165) is 36.5 Å². The average Bonchev–Trinajstić information content (AvgIpc) is 2.97. The Labute approximate surface area is 232 Å². The molecule has 2 aromatic carbocycles. The van der Waals surface area contributed by atoms with E-state index >= 15 is 0 Å². The summed E-state index contributed by atoms with van der Waals surface area (Å²) in [6, 6.07) is 12.5. The number of nitrogens with zero attached hydrogens (tertiary/aromatic N) is 4. The first-order valence-corrected chi connectivity index (χ1v) is 12.5. The van der Waals surface area contributed by atoms with Gasteiger partial charge in [0.15, 0.2) is 23.0 Å². The molecule has 1 unspecified atom stereocenters. The molecule has 0 bridgehead atoms. The lowest BCUT2D eigenvalue weighted by atomic mass is 10.1. The quantitative estimate of drug-likeness (QED) is 0.122. The van der Waals surface area contributed by atoms with Crippen LogP contribution < -0.4 is 28.7 Å². The number of nitro groups is 2. The number of quaternary nitrogens is 1. The fourth-order valence-corrected chi connectivity index (χ4v) is 4.40. The van der Waals surface area contributed by atoms with E-state index in [2.05, 4.69) is 17.3 Å². The Morgan fingerprint density at radius 3 is 2.05 bits per heavy atom. The second kappa shape index (κ2) is 13.4. The fraction of sp³-hybridized carbons (Fsp3) is 0.370. The van der Waals surface area contributed by atoms with Crippen LogP contribution in [0.3, 0.4) is 0 Å². The van der Waals surface area contributed by atoms with Gasteiger partial charge in [0, 0.05) is 31.5 Å². The number of hydrogen-bond acceptors (Lipinski definition) is 10. The molecule has 0 amide bonds. The number of aromatic nitrogens is 1. The van der Waals surface area contributed by atoms with Crippen LogP contribution in [0.1, 0.15) is 12.0 Å². The maximum Gasteiger partial charge on any atom is 0.318 e. The second-order valence-corrected chi connectivity index (χ2v) is 9.18. The third-order valence-corrected chi connectivity index (χ3v) is 6.71. The Bertz CT molecular complexity index is 1350. The minimum Gasteiger partial charge on any atom is -0.493 e. The van der Waals surface area contributed by atoms with Gasteiger partial charge in [-0.05, 0) is 23.8 Å². The molecule has 1 heterocycles. The molecule has 13 heteroatoms. The van der Waals surface area contributed by atoms with Gasteiger partial charge in [-0.2, -0.15) is 0 Å². The smallest absolute Gasteiger partial charge is 0.318 e. The van der Waals surface area contributed by atoms with E-state index in [1.165, 1.54) is 0 Å². The van der Waals surface area contributed by atoms with Crippen LogP contribution in [0, 0.1) is 20.2 Å². The third kappa shape index (κ3) is 7.05. The zero-order chi connectivity index (χ0) is 29.3. The van der Waals surface area contributed by atoms with Crippen molar-refractivity contribution in [3.63, 3.8) is 0 Å². The number of rotatable bonds is 15. The molecule has 1 N–H and O–H groups in total. The molecule has 3 rings (SSSR count). The van der Waals surface area contributed by atoms with E-state index in [9.17, 15) is 20.2 Å². The molecule has 0 saturated carbocycles. The van der Waals surface area contributed by atoms with Crippen molar-refractivity contribution in [1.29, 1.82) is 0 Å². The number of anilines is 1. The lowest BCUT2D eigenvalue weighted by Crippen LogP contribution is -2.48. The van der Waals surface area contributed by atoms with Gasteiger partial charge >= 0.3 is 5.69 Å². The lowest BCUT2D eigenvalue weighted by Gasteiger charge is -2.35. The molecule has 0 fully saturated rings. The predicted molar refractivity (Wildman–Crippen MR) is 151 cm³/mol. The maximum absolute atomic E-state index is 11.5. The topological polar surface area (TPSA) is 148 Å². The summed E-state index contributed by atoms with van der Waals surface area (Å²) in [5.74, 6) is 2.53. The van der Waals surface area contributed by atoms with Gasteiger partial charge < -0.3 is 24.3 Å². The second-order valence-electron chi connectivity index (χ2n) is 9.18. The van der Waals surface area contributed by atoms with Crippen LogP contribution in [-0.2, 0) is 6.42 Å². The summed E-state index contributed by atoms with van der Waals surface area (Å²) in [5.41, 5.74) is 1.19. The van der Waals surface area contributed by atoms with E-state index in [0.29, 0.717) is 47.0 Å². The zero-order valence-electron chi connectivity index (χ0n) is 23.2. The summed E-state index contributed by atoms with van der Waals surface area (Å²) in [4.78, 5) is 25.0. The highest BCUT2D eigenvalue weighted by molar-refractivity contribution is 5.59. The van der Waals surface area contributed by atoms with Crippen molar-refractivity contribution >= 4 is 22.9 Å². The summed E-state index contributed by atoms with van der Waals surface area (Å²) in [7, 11) is 8.47. The van der Waals surface area contributed by atoms with Crippen LogP contribution in [0.25, 0.3) is 0 Å². The third-order valence-electron chi connectivity index (χ3n) is 6.71. The van der Waals surface area contributed by atoms with Crippen LogP contribution in [0.2, 0.25) is 0 Å². The molecule has 1 aromatic heterocycles. The predicted octanol–water partition coefficient (Wildman–Crippen LogP) is 4.61. The molecule has 40 heavy (non-hydrogen) atoms. The van der Waals surface area contributed by atoms with Gasteiger partial charge in [0.25, 0.3) is 5.69 Å². The van der Waals surface area contributed by atoms with Crippen molar-refractivity contribution in [2.24, 2.45) is 0 Å². The van der Waals surface area contributed by atoms with E-state index in [1.807, 2.05) is 36.4 Å². The highest BCUT2D eigenvalue weighted by atomic mass is 16.6. The van der Waals surface area contributed by atoms with Gasteiger partial charge in [-0.3, -0.25) is 24.7 Å². The van der Waals surface area contributed by atoms with E-state index in [-0.39, 0.29) is 5.82 Å². The first kappa shape index (κ1) is 29.9. The van der Waals surface area contributed by atoms with Gasteiger partial charge in [0.1, 0.15) is 11.9 Å². The Balaban J connectivity index is 1.81. The molecule has 0 aliphatic heterocycles. The standard InChI is InChI=1S/C27H34N5O8/c1-32(21-8-10-24(38-3)26(17-21)40-5,14-11-19-7-9-23(37-2)25(15-19)39-4)13-6-12-28-27-22(31(35)36)16-20(18-29-27)30(33)34/h7-10,15-18H,6,11-14H2,1-5H3,(H,28,29)/q+1. The van der Waals surface area contributed by atoms with Gasteiger partial charge in [0.05, 0.1) is 64.5 Å². The van der Waals surface area contributed by atoms with Crippen LogP contribution in [0.15, 0.2) is 48.7 Å². The Morgan fingerprint density at radius 2 is 1.45 bits per heavy atom. The average molecular weight is 557 g/mol. The summed E-state index contributed by atoms with van der Waals surface area (Å²) in [5, 5.41) is 25.4. The Hall–Kier alpha value is -4.65. The fourth-order valence-electron chi connectivity index (χ4n) is 4.40. The largest absolute Gasteiger partial charge is 0.493 e.